The fourth-order valence-corrected chi connectivity index (χ4v) is 4.29. The molecule has 0 saturated carbocycles. The number of nitrogens with zero attached hydrogens (tertiary/aromatic N) is 2. The van der Waals surface area contributed by atoms with E-state index in [-0.39, 0.29) is 18.4 Å². The SMILES string of the molecule is CC1CCCCN1CCNC(=O)CN1C(=O)CSc2ccccc21. The number of carbonyl (C=O) groups excluding carboxylic acids is 2. The molecule has 1 aromatic rings. The number of likely N-dealkylation sites (tertiary alicyclic amines) is 1. The summed E-state index contributed by atoms with van der Waals surface area (Å²) < 4.78 is 0. The van der Waals surface area contributed by atoms with Crippen LogP contribution in [0.4, 0.5) is 5.69 Å². The lowest BCUT2D eigenvalue weighted by atomic mass is 10.0. The summed E-state index contributed by atoms with van der Waals surface area (Å²) in [6.45, 7) is 5.00. The van der Waals surface area contributed by atoms with Crippen molar-refractivity contribution in [2.45, 2.75) is 37.1 Å². The third kappa shape index (κ3) is 4.11. The van der Waals surface area contributed by atoms with Crippen LogP contribution in [0.25, 0.3) is 0 Å². The van der Waals surface area contributed by atoms with Gasteiger partial charge in [-0.3, -0.25) is 14.5 Å². The zero-order chi connectivity index (χ0) is 16.9. The van der Waals surface area contributed by atoms with Crippen LogP contribution < -0.4 is 10.2 Å². The molecule has 0 aromatic heterocycles. The van der Waals surface area contributed by atoms with Gasteiger partial charge in [0.1, 0.15) is 6.54 Å². The number of piperidine rings is 1. The predicted molar refractivity (Wildman–Crippen MR) is 97.4 cm³/mol. The van der Waals surface area contributed by atoms with Gasteiger partial charge in [0.15, 0.2) is 0 Å². The van der Waals surface area contributed by atoms with E-state index in [4.69, 9.17) is 0 Å². The molecule has 2 aliphatic rings. The standard InChI is InChI=1S/C18H25N3O2S/c1-14-6-4-5-10-20(14)11-9-19-17(22)12-21-15-7-2-3-8-16(15)24-13-18(21)23/h2-3,7-8,14H,4-6,9-13H2,1H3,(H,19,22). The fourth-order valence-electron chi connectivity index (χ4n) is 3.36. The molecule has 0 aliphatic carbocycles. The number of amides is 2. The number of nitrogens with one attached hydrogen (secondary N) is 1. The Morgan fingerprint density at radius 1 is 1.33 bits per heavy atom. The first-order valence-electron chi connectivity index (χ1n) is 8.68. The van der Waals surface area contributed by atoms with Crippen molar-refractivity contribution < 1.29 is 9.59 Å². The van der Waals surface area contributed by atoms with E-state index >= 15 is 0 Å². The molecule has 130 valence electrons. The molecule has 1 atom stereocenters. The van der Waals surface area contributed by atoms with Gasteiger partial charge in [-0.05, 0) is 38.4 Å². The molecule has 1 saturated heterocycles. The van der Waals surface area contributed by atoms with Gasteiger partial charge in [0.25, 0.3) is 0 Å². The lowest BCUT2D eigenvalue weighted by molar-refractivity contribution is -0.123. The number of rotatable bonds is 5. The summed E-state index contributed by atoms with van der Waals surface area (Å²) >= 11 is 1.53. The van der Waals surface area contributed by atoms with Crippen LogP contribution >= 0.6 is 11.8 Å². The highest BCUT2D eigenvalue weighted by Crippen LogP contribution is 2.34. The molecular weight excluding hydrogens is 322 g/mol. The molecule has 3 rings (SSSR count). The van der Waals surface area contributed by atoms with Crippen molar-refractivity contribution in [3.8, 4) is 0 Å². The van der Waals surface area contributed by atoms with Crippen molar-refractivity contribution in [2.75, 3.05) is 36.8 Å². The molecule has 5 nitrogen and oxygen atoms in total. The van der Waals surface area contributed by atoms with Gasteiger partial charge in [-0.1, -0.05) is 18.6 Å². The second-order valence-corrected chi connectivity index (χ2v) is 7.48. The third-order valence-electron chi connectivity index (χ3n) is 4.77. The molecular formula is C18H25N3O2S. The lowest BCUT2D eigenvalue weighted by Crippen LogP contribution is -2.46. The van der Waals surface area contributed by atoms with Crippen LogP contribution in [0.5, 0.6) is 0 Å². The van der Waals surface area contributed by atoms with E-state index in [1.54, 1.807) is 4.90 Å². The molecule has 6 heteroatoms. The smallest absolute Gasteiger partial charge is 0.240 e. The lowest BCUT2D eigenvalue weighted by Gasteiger charge is -2.33. The average Bonchev–Trinajstić information content (AvgIpc) is 2.59. The molecule has 0 radical (unpaired) electrons. The third-order valence-corrected chi connectivity index (χ3v) is 5.82. The number of benzene rings is 1. The fraction of sp³-hybridized carbons (Fsp3) is 0.556. The van der Waals surface area contributed by atoms with Gasteiger partial charge in [0, 0.05) is 24.0 Å². The average molecular weight is 347 g/mol. The zero-order valence-electron chi connectivity index (χ0n) is 14.2. The Morgan fingerprint density at radius 3 is 3.00 bits per heavy atom. The van der Waals surface area contributed by atoms with E-state index < -0.39 is 0 Å². The maximum absolute atomic E-state index is 12.3. The van der Waals surface area contributed by atoms with E-state index in [1.807, 2.05) is 24.3 Å². The first-order chi connectivity index (χ1) is 11.6. The Morgan fingerprint density at radius 2 is 2.17 bits per heavy atom. The molecule has 1 unspecified atom stereocenters. The van der Waals surface area contributed by atoms with Crippen LogP contribution in [0.1, 0.15) is 26.2 Å². The van der Waals surface area contributed by atoms with Crippen molar-refractivity contribution in [1.82, 2.24) is 10.2 Å². The minimum atomic E-state index is -0.0882. The predicted octanol–water partition coefficient (Wildman–Crippen LogP) is 2.12. The van der Waals surface area contributed by atoms with Crippen molar-refractivity contribution in [3.05, 3.63) is 24.3 Å². The second-order valence-electron chi connectivity index (χ2n) is 6.47. The van der Waals surface area contributed by atoms with Crippen molar-refractivity contribution >= 4 is 29.3 Å². The molecule has 1 aromatic carbocycles. The highest BCUT2D eigenvalue weighted by Gasteiger charge is 2.26. The normalized spacial score (nSPS) is 21.5. The van der Waals surface area contributed by atoms with Gasteiger partial charge < -0.3 is 10.2 Å². The number of hydrogen-bond donors (Lipinski definition) is 1. The number of para-hydroxylation sites is 1. The van der Waals surface area contributed by atoms with Crippen molar-refractivity contribution in [2.24, 2.45) is 0 Å². The molecule has 24 heavy (non-hydrogen) atoms. The van der Waals surface area contributed by atoms with E-state index in [0.29, 0.717) is 18.3 Å². The first-order valence-corrected chi connectivity index (χ1v) is 9.66. The maximum Gasteiger partial charge on any atom is 0.240 e. The van der Waals surface area contributed by atoms with Gasteiger partial charge in [0.2, 0.25) is 11.8 Å². The Balaban J connectivity index is 1.50. The van der Waals surface area contributed by atoms with Crippen LogP contribution in [-0.2, 0) is 9.59 Å². The van der Waals surface area contributed by atoms with E-state index in [1.165, 1.54) is 31.0 Å². The van der Waals surface area contributed by atoms with E-state index in [2.05, 4.69) is 17.1 Å². The summed E-state index contributed by atoms with van der Waals surface area (Å²) in [4.78, 5) is 29.5. The van der Waals surface area contributed by atoms with Gasteiger partial charge in [-0.2, -0.15) is 0 Å². The summed E-state index contributed by atoms with van der Waals surface area (Å²) in [5, 5.41) is 2.97. The van der Waals surface area contributed by atoms with E-state index in [9.17, 15) is 9.59 Å². The summed E-state index contributed by atoms with van der Waals surface area (Å²) in [7, 11) is 0. The van der Waals surface area contributed by atoms with Gasteiger partial charge in [-0.25, -0.2) is 0 Å². The second kappa shape index (κ2) is 8.03. The van der Waals surface area contributed by atoms with Crippen LogP contribution in [0.15, 0.2) is 29.2 Å². The summed E-state index contributed by atoms with van der Waals surface area (Å²) in [6.07, 6.45) is 3.79. The summed E-state index contributed by atoms with van der Waals surface area (Å²) in [6, 6.07) is 8.36. The van der Waals surface area contributed by atoms with Crippen LogP contribution in [-0.4, -0.2) is 54.7 Å². The molecule has 2 aliphatic heterocycles. The van der Waals surface area contributed by atoms with Gasteiger partial charge in [-0.15, -0.1) is 11.8 Å². The molecule has 2 amide bonds. The van der Waals surface area contributed by atoms with Crippen LogP contribution in [0.2, 0.25) is 0 Å². The Hall–Kier alpha value is -1.53. The molecule has 1 fully saturated rings. The maximum atomic E-state index is 12.3. The van der Waals surface area contributed by atoms with Crippen LogP contribution in [0.3, 0.4) is 0 Å². The van der Waals surface area contributed by atoms with Crippen LogP contribution in [0, 0.1) is 0 Å². The topological polar surface area (TPSA) is 52.7 Å². The minimum absolute atomic E-state index is 0.00139. The molecule has 2 heterocycles. The monoisotopic (exact) mass is 347 g/mol. The Kier molecular flexibility index (Phi) is 5.79. The van der Waals surface area contributed by atoms with Crippen molar-refractivity contribution in [3.63, 3.8) is 0 Å². The van der Waals surface area contributed by atoms with Gasteiger partial charge >= 0.3 is 0 Å². The molecule has 0 spiro atoms. The largest absolute Gasteiger partial charge is 0.353 e. The first kappa shape index (κ1) is 17.3. The number of hydrogen-bond acceptors (Lipinski definition) is 4. The Bertz CT molecular complexity index is 608. The van der Waals surface area contributed by atoms with Gasteiger partial charge in [0.05, 0.1) is 11.4 Å². The minimum Gasteiger partial charge on any atom is -0.353 e. The quantitative estimate of drug-likeness (QED) is 0.886. The number of thioether (sulfide) groups is 1. The number of anilines is 1. The molecule has 1 N–H and O–H groups in total. The summed E-state index contributed by atoms with van der Waals surface area (Å²) in [5.41, 5.74) is 0.846. The number of carbonyl (C=O) groups is 2. The summed E-state index contributed by atoms with van der Waals surface area (Å²) in [5.74, 6) is 0.309. The Labute approximate surface area is 147 Å². The number of fused-ring (bicyclic) bond motifs is 1. The van der Waals surface area contributed by atoms with Crippen molar-refractivity contribution in [1.29, 1.82) is 0 Å². The highest BCUT2D eigenvalue weighted by atomic mass is 32.2. The zero-order valence-corrected chi connectivity index (χ0v) is 15.0. The highest BCUT2D eigenvalue weighted by molar-refractivity contribution is 8.00. The molecule has 0 bridgehead atoms. The van der Waals surface area contributed by atoms with E-state index in [0.717, 1.165) is 23.7 Å².